The Morgan fingerprint density at radius 2 is 2.08 bits per heavy atom. The number of rotatable bonds is 4. The van der Waals surface area contributed by atoms with Crippen molar-refractivity contribution in [1.29, 1.82) is 0 Å². The van der Waals surface area contributed by atoms with Crippen molar-refractivity contribution in [2.45, 2.75) is 19.6 Å². The Hall–Kier alpha value is -0.730. The van der Waals surface area contributed by atoms with E-state index in [9.17, 15) is 0 Å². The summed E-state index contributed by atoms with van der Waals surface area (Å²) in [4.78, 5) is 0. The number of ether oxygens (including phenoxy) is 1. The predicted octanol–water partition coefficient (Wildman–Crippen LogP) is 2.55. The van der Waals surface area contributed by atoms with E-state index in [4.69, 9.17) is 21.4 Å². The number of halogens is 1. The van der Waals surface area contributed by atoms with Crippen LogP contribution < -0.4 is 0 Å². The summed E-state index contributed by atoms with van der Waals surface area (Å²) in [6.45, 7) is 7.20. The Morgan fingerprint density at radius 1 is 1.50 bits per heavy atom. The number of allylic oxidation sites excluding steroid dienone is 5. The summed E-state index contributed by atoms with van der Waals surface area (Å²) in [5, 5.41) is 8.61. The van der Waals surface area contributed by atoms with E-state index >= 15 is 0 Å². The van der Waals surface area contributed by atoms with Crippen molar-refractivity contribution < 1.29 is 9.84 Å². The monoisotopic (exact) mass is 188 g/mol. The molecule has 0 saturated heterocycles. The van der Waals surface area contributed by atoms with Crippen LogP contribution in [0.5, 0.6) is 0 Å². The molecule has 0 spiro atoms. The molecule has 0 aliphatic rings. The molecule has 0 fully saturated rings. The fourth-order valence-corrected chi connectivity index (χ4v) is 0.650. The van der Waals surface area contributed by atoms with E-state index in [0.29, 0.717) is 5.76 Å². The minimum atomic E-state index is -1.28. The first-order valence-electron chi connectivity index (χ1n) is 3.52. The first-order valence-corrected chi connectivity index (χ1v) is 3.96. The van der Waals surface area contributed by atoms with E-state index in [1.165, 1.54) is 0 Å². The van der Waals surface area contributed by atoms with E-state index in [1.807, 2.05) is 13.0 Å². The van der Waals surface area contributed by atoms with Gasteiger partial charge in [0, 0.05) is 0 Å². The highest BCUT2D eigenvalue weighted by Gasteiger charge is 1.95. The highest BCUT2D eigenvalue weighted by atomic mass is 35.5. The summed E-state index contributed by atoms with van der Waals surface area (Å²) in [6, 6.07) is 0. The maximum absolute atomic E-state index is 8.61. The smallest absolute Gasteiger partial charge is 0.276 e. The third kappa shape index (κ3) is 6.01. The Morgan fingerprint density at radius 3 is 2.50 bits per heavy atom. The van der Waals surface area contributed by atoms with Gasteiger partial charge < -0.3 is 9.84 Å². The Labute approximate surface area is 77.8 Å². The van der Waals surface area contributed by atoms with Crippen LogP contribution in [0.2, 0.25) is 0 Å². The summed E-state index contributed by atoms with van der Waals surface area (Å²) in [5.74, 6) is -0.725. The molecule has 0 amide bonds. The fraction of sp³-hybridized carbons (Fsp3) is 0.333. The van der Waals surface area contributed by atoms with E-state index in [-0.39, 0.29) is 0 Å². The van der Waals surface area contributed by atoms with Crippen molar-refractivity contribution in [2.24, 2.45) is 0 Å². The second-order valence-corrected chi connectivity index (χ2v) is 2.68. The molecule has 0 aliphatic carbocycles. The van der Waals surface area contributed by atoms with Crippen LogP contribution >= 0.6 is 11.6 Å². The van der Waals surface area contributed by atoms with Crippen molar-refractivity contribution in [3.8, 4) is 0 Å². The SMILES string of the molecule is C=C/C(C)=C/C=C(\C)OC(O)Cl. The summed E-state index contributed by atoms with van der Waals surface area (Å²) >= 11 is 5.17. The minimum absolute atomic E-state index is 0.554. The lowest BCUT2D eigenvalue weighted by Crippen LogP contribution is -2.00. The van der Waals surface area contributed by atoms with Crippen molar-refractivity contribution in [3.63, 3.8) is 0 Å². The van der Waals surface area contributed by atoms with E-state index in [2.05, 4.69) is 6.58 Å². The summed E-state index contributed by atoms with van der Waals surface area (Å²) in [6.07, 6.45) is 5.26. The molecule has 12 heavy (non-hydrogen) atoms. The van der Waals surface area contributed by atoms with Gasteiger partial charge in [-0.3, -0.25) is 0 Å². The maximum Gasteiger partial charge on any atom is 0.276 e. The molecule has 3 heteroatoms. The molecule has 0 radical (unpaired) electrons. The molecule has 0 aromatic carbocycles. The van der Waals surface area contributed by atoms with E-state index < -0.39 is 5.75 Å². The maximum atomic E-state index is 8.61. The van der Waals surface area contributed by atoms with Gasteiger partial charge in [-0.15, -0.1) is 0 Å². The second kappa shape index (κ2) is 5.86. The fourth-order valence-electron chi connectivity index (χ4n) is 0.510. The van der Waals surface area contributed by atoms with Crippen LogP contribution in [0.4, 0.5) is 0 Å². The summed E-state index contributed by atoms with van der Waals surface area (Å²) in [5.41, 5.74) is 1.02. The third-order valence-corrected chi connectivity index (χ3v) is 1.28. The number of alkyl halides is 1. The zero-order valence-corrected chi connectivity index (χ0v) is 8.01. The van der Waals surface area contributed by atoms with Crippen LogP contribution in [-0.2, 0) is 4.74 Å². The van der Waals surface area contributed by atoms with Crippen molar-refractivity contribution in [1.82, 2.24) is 0 Å². The van der Waals surface area contributed by atoms with Crippen LogP contribution in [0.25, 0.3) is 0 Å². The standard InChI is InChI=1S/C9H13ClO2/c1-4-7(2)5-6-8(3)12-9(10)11/h4-6,9,11H,1H2,2-3H3/b7-5+,8-6+. The van der Waals surface area contributed by atoms with E-state index in [1.54, 1.807) is 19.1 Å². The average molecular weight is 189 g/mol. The van der Waals surface area contributed by atoms with Crippen LogP contribution in [0.1, 0.15) is 13.8 Å². The molecule has 0 aliphatic heterocycles. The van der Waals surface area contributed by atoms with Gasteiger partial charge in [-0.1, -0.05) is 24.3 Å². The summed E-state index contributed by atoms with van der Waals surface area (Å²) in [7, 11) is 0. The average Bonchev–Trinajstić information content (AvgIpc) is 1.99. The Kier molecular flexibility index (Phi) is 5.51. The number of hydrogen-bond acceptors (Lipinski definition) is 2. The van der Waals surface area contributed by atoms with Gasteiger partial charge in [0.15, 0.2) is 0 Å². The second-order valence-electron chi connectivity index (χ2n) is 2.30. The highest BCUT2D eigenvalue weighted by molar-refractivity contribution is 6.18. The molecule has 0 saturated carbocycles. The van der Waals surface area contributed by atoms with Crippen molar-refractivity contribution in [2.75, 3.05) is 0 Å². The number of aliphatic hydroxyl groups is 1. The molecular formula is C9H13ClO2. The third-order valence-electron chi connectivity index (χ3n) is 1.19. The number of aliphatic hydroxyl groups excluding tert-OH is 1. The molecule has 0 bridgehead atoms. The molecule has 2 nitrogen and oxygen atoms in total. The molecule has 0 aromatic rings. The molecule has 1 atom stereocenters. The molecule has 0 aromatic heterocycles. The first-order chi connectivity index (χ1) is 5.56. The first kappa shape index (κ1) is 11.3. The molecule has 1 N–H and O–H groups in total. The van der Waals surface area contributed by atoms with Crippen LogP contribution in [-0.4, -0.2) is 10.9 Å². The van der Waals surface area contributed by atoms with Crippen molar-refractivity contribution in [3.05, 3.63) is 36.1 Å². The quantitative estimate of drug-likeness (QED) is 0.318. The van der Waals surface area contributed by atoms with Gasteiger partial charge in [-0.05, 0) is 31.5 Å². The topological polar surface area (TPSA) is 29.5 Å². The van der Waals surface area contributed by atoms with Gasteiger partial charge in [0.25, 0.3) is 5.75 Å². The molecular weight excluding hydrogens is 176 g/mol. The molecule has 0 rings (SSSR count). The zero-order chi connectivity index (χ0) is 9.56. The van der Waals surface area contributed by atoms with Gasteiger partial charge in [-0.25, -0.2) is 0 Å². The number of hydrogen-bond donors (Lipinski definition) is 1. The lowest BCUT2D eigenvalue weighted by molar-refractivity contribution is 0.00267. The van der Waals surface area contributed by atoms with Gasteiger partial charge in [-0.2, -0.15) is 0 Å². The largest absolute Gasteiger partial charge is 0.456 e. The molecule has 68 valence electrons. The van der Waals surface area contributed by atoms with Gasteiger partial charge in [0.05, 0.1) is 5.76 Å². The zero-order valence-electron chi connectivity index (χ0n) is 7.25. The van der Waals surface area contributed by atoms with Gasteiger partial charge >= 0.3 is 0 Å². The van der Waals surface area contributed by atoms with Gasteiger partial charge in [0.1, 0.15) is 0 Å². The van der Waals surface area contributed by atoms with Crippen LogP contribution in [0, 0.1) is 0 Å². The van der Waals surface area contributed by atoms with E-state index in [0.717, 1.165) is 5.57 Å². The van der Waals surface area contributed by atoms with Crippen LogP contribution in [0.3, 0.4) is 0 Å². The Balaban J connectivity index is 4.08. The molecule has 1 unspecified atom stereocenters. The Bertz CT molecular complexity index is 205. The van der Waals surface area contributed by atoms with Gasteiger partial charge in [0.2, 0.25) is 0 Å². The lowest BCUT2D eigenvalue weighted by atomic mass is 10.3. The normalized spacial score (nSPS) is 15.7. The minimum Gasteiger partial charge on any atom is -0.456 e. The van der Waals surface area contributed by atoms with Crippen molar-refractivity contribution >= 4 is 11.6 Å². The molecule has 0 heterocycles. The highest BCUT2D eigenvalue weighted by Crippen LogP contribution is 2.04. The summed E-state index contributed by atoms with van der Waals surface area (Å²) < 4.78 is 4.75. The van der Waals surface area contributed by atoms with Crippen LogP contribution in [0.15, 0.2) is 36.1 Å². The lowest BCUT2D eigenvalue weighted by Gasteiger charge is -2.05. The predicted molar refractivity (Wildman–Crippen MR) is 50.7 cm³/mol.